The van der Waals surface area contributed by atoms with Crippen LogP contribution in [0.3, 0.4) is 0 Å². The van der Waals surface area contributed by atoms with E-state index in [0.29, 0.717) is 12.1 Å². The lowest BCUT2D eigenvalue weighted by Crippen LogP contribution is -2.37. The number of nitrogens with one attached hydrogen (secondary N) is 2. The highest BCUT2D eigenvalue weighted by Gasteiger charge is 2.07. The summed E-state index contributed by atoms with van der Waals surface area (Å²) < 4.78 is 18.1. The molecule has 0 saturated carbocycles. The Morgan fingerprint density at radius 2 is 1.75 bits per heavy atom. The van der Waals surface area contributed by atoms with E-state index in [0.717, 1.165) is 11.3 Å². The van der Waals surface area contributed by atoms with Crippen LogP contribution >= 0.6 is 0 Å². The van der Waals surface area contributed by atoms with Crippen molar-refractivity contribution in [3.05, 3.63) is 65.5 Å². The Hall–Kier alpha value is -2.89. The molecule has 0 aliphatic rings. The SMILES string of the molecule is COc1ccc(CNC(=O)CNC(=O)Cc2cccc(F)c2)cc1. The molecule has 0 heterocycles. The van der Waals surface area contributed by atoms with Crippen molar-refractivity contribution in [2.24, 2.45) is 0 Å². The standard InChI is InChI=1S/C18H19FN2O3/c1-24-16-7-5-13(6-8-16)11-20-18(23)12-21-17(22)10-14-3-2-4-15(19)9-14/h2-9H,10-12H2,1H3,(H,20,23)(H,21,22). The van der Waals surface area contributed by atoms with E-state index in [2.05, 4.69) is 10.6 Å². The number of rotatable bonds is 7. The van der Waals surface area contributed by atoms with Crippen LogP contribution in [0.5, 0.6) is 5.75 Å². The van der Waals surface area contributed by atoms with Crippen LogP contribution in [0.4, 0.5) is 4.39 Å². The molecule has 0 spiro atoms. The summed E-state index contributed by atoms with van der Waals surface area (Å²) in [5, 5.41) is 5.22. The molecular weight excluding hydrogens is 311 g/mol. The van der Waals surface area contributed by atoms with Gasteiger partial charge in [-0.2, -0.15) is 0 Å². The van der Waals surface area contributed by atoms with E-state index in [-0.39, 0.29) is 24.8 Å². The van der Waals surface area contributed by atoms with E-state index in [1.807, 2.05) is 24.3 Å². The smallest absolute Gasteiger partial charge is 0.239 e. The van der Waals surface area contributed by atoms with Crippen molar-refractivity contribution in [1.29, 1.82) is 0 Å². The van der Waals surface area contributed by atoms with Crippen molar-refractivity contribution in [1.82, 2.24) is 10.6 Å². The minimum absolute atomic E-state index is 0.0313. The lowest BCUT2D eigenvalue weighted by atomic mass is 10.1. The lowest BCUT2D eigenvalue weighted by Gasteiger charge is -2.08. The first kappa shape index (κ1) is 17.5. The fraction of sp³-hybridized carbons (Fsp3) is 0.222. The number of methoxy groups -OCH3 is 1. The maximum absolute atomic E-state index is 13.0. The van der Waals surface area contributed by atoms with Gasteiger partial charge in [-0.15, -0.1) is 0 Å². The molecule has 0 bridgehead atoms. The van der Waals surface area contributed by atoms with Crippen molar-refractivity contribution in [2.45, 2.75) is 13.0 Å². The van der Waals surface area contributed by atoms with Crippen LogP contribution in [0.2, 0.25) is 0 Å². The van der Waals surface area contributed by atoms with Crippen LogP contribution in [-0.4, -0.2) is 25.5 Å². The molecule has 0 radical (unpaired) electrons. The Balaban J connectivity index is 1.71. The summed E-state index contributed by atoms with van der Waals surface area (Å²) in [5.74, 6) is -0.272. The molecule has 0 saturated heterocycles. The molecule has 0 atom stereocenters. The molecule has 0 aromatic heterocycles. The second-order valence-corrected chi connectivity index (χ2v) is 5.21. The van der Waals surface area contributed by atoms with Crippen LogP contribution in [-0.2, 0) is 22.6 Å². The van der Waals surface area contributed by atoms with Gasteiger partial charge in [0.05, 0.1) is 20.1 Å². The molecule has 2 aromatic carbocycles. The third-order valence-corrected chi connectivity index (χ3v) is 3.35. The van der Waals surface area contributed by atoms with Gasteiger partial charge in [-0.25, -0.2) is 4.39 Å². The maximum atomic E-state index is 13.0. The first-order valence-corrected chi connectivity index (χ1v) is 7.47. The fourth-order valence-corrected chi connectivity index (χ4v) is 2.08. The minimum atomic E-state index is -0.391. The summed E-state index contributed by atoms with van der Waals surface area (Å²) >= 11 is 0. The highest BCUT2D eigenvalue weighted by Crippen LogP contribution is 2.10. The van der Waals surface area contributed by atoms with Crippen molar-refractivity contribution < 1.29 is 18.7 Å². The van der Waals surface area contributed by atoms with Gasteiger partial charge < -0.3 is 15.4 Å². The Kier molecular flexibility index (Phi) is 6.31. The van der Waals surface area contributed by atoms with Crippen LogP contribution in [0.15, 0.2) is 48.5 Å². The van der Waals surface area contributed by atoms with Crippen molar-refractivity contribution in [2.75, 3.05) is 13.7 Å². The van der Waals surface area contributed by atoms with Gasteiger partial charge in [0.25, 0.3) is 0 Å². The summed E-state index contributed by atoms with van der Waals surface area (Å²) in [6, 6.07) is 13.1. The molecule has 2 rings (SSSR count). The van der Waals surface area contributed by atoms with Gasteiger partial charge in [0.15, 0.2) is 0 Å². The van der Waals surface area contributed by atoms with Crippen molar-refractivity contribution in [3.63, 3.8) is 0 Å². The molecule has 2 amide bonds. The van der Waals surface area contributed by atoms with Gasteiger partial charge in [0.2, 0.25) is 11.8 Å². The van der Waals surface area contributed by atoms with E-state index in [1.54, 1.807) is 19.2 Å². The number of benzene rings is 2. The minimum Gasteiger partial charge on any atom is -0.497 e. The molecule has 0 fully saturated rings. The van der Waals surface area contributed by atoms with Gasteiger partial charge in [-0.1, -0.05) is 24.3 Å². The number of halogens is 1. The maximum Gasteiger partial charge on any atom is 0.239 e. The predicted octanol–water partition coefficient (Wildman–Crippen LogP) is 1.81. The highest BCUT2D eigenvalue weighted by molar-refractivity contribution is 5.85. The molecule has 2 N–H and O–H groups in total. The largest absolute Gasteiger partial charge is 0.497 e. The molecule has 0 aliphatic heterocycles. The Labute approximate surface area is 139 Å². The zero-order valence-corrected chi connectivity index (χ0v) is 13.3. The summed E-state index contributed by atoms with van der Waals surface area (Å²) in [6.07, 6.45) is 0.0313. The van der Waals surface area contributed by atoms with E-state index in [1.165, 1.54) is 12.1 Å². The molecule has 5 nitrogen and oxygen atoms in total. The zero-order chi connectivity index (χ0) is 17.4. The second kappa shape index (κ2) is 8.67. The number of hydrogen-bond donors (Lipinski definition) is 2. The van der Waals surface area contributed by atoms with E-state index >= 15 is 0 Å². The number of amides is 2. The molecule has 0 aliphatic carbocycles. The van der Waals surface area contributed by atoms with Gasteiger partial charge in [0.1, 0.15) is 11.6 Å². The topological polar surface area (TPSA) is 67.4 Å². The third-order valence-electron chi connectivity index (χ3n) is 3.35. The quantitative estimate of drug-likeness (QED) is 0.814. The third kappa shape index (κ3) is 5.72. The number of ether oxygens (including phenoxy) is 1. The highest BCUT2D eigenvalue weighted by atomic mass is 19.1. The van der Waals surface area contributed by atoms with E-state index < -0.39 is 5.82 Å². The van der Waals surface area contributed by atoms with Gasteiger partial charge >= 0.3 is 0 Å². The Morgan fingerprint density at radius 1 is 1.00 bits per heavy atom. The van der Waals surface area contributed by atoms with Gasteiger partial charge in [-0.05, 0) is 35.4 Å². The second-order valence-electron chi connectivity index (χ2n) is 5.21. The summed E-state index contributed by atoms with van der Waals surface area (Å²) in [7, 11) is 1.59. The summed E-state index contributed by atoms with van der Waals surface area (Å²) in [4.78, 5) is 23.5. The Bertz CT molecular complexity index is 702. The van der Waals surface area contributed by atoms with Crippen LogP contribution < -0.4 is 15.4 Å². The fourth-order valence-electron chi connectivity index (χ4n) is 2.08. The van der Waals surface area contributed by atoms with E-state index in [9.17, 15) is 14.0 Å². The summed E-state index contributed by atoms with van der Waals surface area (Å²) in [6.45, 7) is 0.243. The Morgan fingerprint density at radius 3 is 2.42 bits per heavy atom. The van der Waals surface area contributed by atoms with Crippen LogP contribution in [0.25, 0.3) is 0 Å². The molecule has 0 unspecified atom stereocenters. The van der Waals surface area contributed by atoms with E-state index in [4.69, 9.17) is 4.74 Å². The van der Waals surface area contributed by atoms with Crippen molar-refractivity contribution >= 4 is 11.8 Å². The first-order valence-electron chi connectivity index (χ1n) is 7.47. The monoisotopic (exact) mass is 330 g/mol. The molecule has 6 heteroatoms. The molecule has 2 aromatic rings. The number of carbonyl (C=O) groups excluding carboxylic acids is 2. The predicted molar refractivity (Wildman–Crippen MR) is 88.0 cm³/mol. The number of carbonyl (C=O) groups is 2. The molecule has 126 valence electrons. The average molecular weight is 330 g/mol. The molecule has 24 heavy (non-hydrogen) atoms. The van der Waals surface area contributed by atoms with Crippen LogP contribution in [0.1, 0.15) is 11.1 Å². The first-order chi connectivity index (χ1) is 11.6. The van der Waals surface area contributed by atoms with Gasteiger partial charge in [-0.3, -0.25) is 9.59 Å². The molecular formula is C18H19FN2O3. The van der Waals surface area contributed by atoms with Gasteiger partial charge in [0, 0.05) is 6.54 Å². The summed E-state index contributed by atoms with van der Waals surface area (Å²) in [5.41, 5.74) is 1.49. The van der Waals surface area contributed by atoms with Crippen LogP contribution in [0, 0.1) is 5.82 Å². The average Bonchev–Trinajstić information content (AvgIpc) is 2.58. The van der Waals surface area contributed by atoms with Crippen molar-refractivity contribution in [3.8, 4) is 5.75 Å². The number of hydrogen-bond acceptors (Lipinski definition) is 3. The lowest BCUT2D eigenvalue weighted by molar-refractivity contribution is -0.125. The zero-order valence-electron chi connectivity index (χ0n) is 13.3. The normalized spacial score (nSPS) is 10.1.